The lowest BCUT2D eigenvalue weighted by atomic mass is 9.82. The van der Waals surface area contributed by atoms with Gasteiger partial charge in [-0.15, -0.1) is 11.3 Å². The molecule has 7 nitrogen and oxygen atoms in total. The minimum absolute atomic E-state index is 0.00711. The van der Waals surface area contributed by atoms with Gasteiger partial charge < -0.3 is 10.0 Å². The molecular weight excluding hydrogens is 515 g/mol. The minimum atomic E-state index is -4.13. The molecule has 2 heterocycles. The molecule has 1 aromatic carbocycles. The van der Waals surface area contributed by atoms with Crippen molar-refractivity contribution in [1.29, 1.82) is 0 Å². The summed E-state index contributed by atoms with van der Waals surface area (Å²) in [5, 5.41) is 9.96. The van der Waals surface area contributed by atoms with Crippen molar-refractivity contribution in [2.45, 2.75) is 63.8 Å². The number of carboxylic acids is 1. The Balaban J connectivity index is 1.76. The van der Waals surface area contributed by atoms with Crippen LogP contribution >= 0.6 is 11.3 Å². The van der Waals surface area contributed by atoms with E-state index >= 15 is 0 Å². The number of amides is 1. The van der Waals surface area contributed by atoms with Crippen molar-refractivity contribution in [2.75, 3.05) is 18.0 Å². The zero-order valence-corrected chi connectivity index (χ0v) is 22.8. The van der Waals surface area contributed by atoms with E-state index in [1.54, 1.807) is 6.07 Å². The summed E-state index contributed by atoms with van der Waals surface area (Å²) in [5.41, 5.74) is -0.0238. The molecule has 1 amide bonds. The number of carboxylic acid groups (broad SMARTS) is 1. The first-order valence-corrected chi connectivity index (χ1v) is 14.6. The van der Waals surface area contributed by atoms with Gasteiger partial charge in [0.2, 0.25) is 15.9 Å². The summed E-state index contributed by atoms with van der Waals surface area (Å²) in [6.07, 6.45) is 4.60. The Morgan fingerprint density at radius 3 is 2.49 bits per heavy atom. The second-order valence-corrected chi connectivity index (χ2v) is 13.6. The number of anilines is 1. The van der Waals surface area contributed by atoms with Gasteiger partial charge in [0.1, 0.15) is 10.7 Å². The molecule has 0 radical (unpaired) electrons. The summed E-state index contributed by atoms with van der Waals surface area (Å²) < 4.78 is 41.7. The molecule has 0 bridgehead atoms. The third-order valence-corrected chi connectivity index (χ3v) is 9.49. The van der Waals surface area contributed by atoms with E-state index in [2.05, 4.69) is 11.8 Å². The van der Waals surface area contributed by atoms with Crippen molar-refractivity contribution in [3.8, 4) is 11.8 Å². The molecule has 0 spiro atoms. The van der Waals surface area contributed by atoms with Crippen LogP contribution in [0.15, 0.2) is 35.2 Å². The smallest absolute Gasteiger partial charge is 0.348 e. The zero-order chi connectivity index (χ0) is 27.0. The number of hydrogen-bond acceptors (Lipinski definition) is 5. The van der Waals surface area contributed by atoms with Gasteiger partial charge in [-0.2, -0.15) is 4.31 Å². The van der Waals surface area contributed by atoms with Crippen LogP contribution in [0.5, 0.6) is 0 Å². The lowest BCUT2D eigenvalue weighted by Crippen LogP contribution is -2.60. The highest BCUT2D eigenvalue weighted by molar-refractivity contribution is 7.89. The lowest BCUT2D eigenvalue weighted by Gasteiger charge is -2.44. The van der Waals surface area contributed by atoms with Crippen molar-refractivity contribution >= 4 is 38.9 Å². The summed E-state index contributed by atoms with van der Waals surface area (Å²) in [4.78, 5) is 27.6. The number of benzene rings is 1. The van der Waals surface area contributed by atoms with E-state index in [9.17, 15) is 27.5 Å². The number of carbonyl (C=O) groups is 2. The van der Waals surface area contributed by atoms with Crippen molar-refractivity contribution in [3.63, 3.8) is 0 Å². The van der Waals surface area contributed by atoms with Gasteiger partial charge in [-0.1, -0.05) is 37.2 Å². The predicted molar refractivity (Wildman–Crippen MR) is 141 cm³/mol. The number of thiophene rings is 1. The van der Waals surface area contributed by atoms with Crippen LogP contribution in [0.1, 0.15) is 67.4 Å². The quantitative estimate of drug-likeness (QED) is 0.535. The highest BCUT2D eigenvalue weighted by atomic mass is 32.2. The Morgan fingerprint density at radius 1 is 1.16 bits per heavy atom. The molecule has 1 saturated heterocycles. The molecule has 4 rings (SSSR count). The molecule has 1 aliphatic carbocycles. The van der Waals surface area contributed by atoms with E-state index in [1.807, 2.05) is 20.8 Å². The molecule has 37 heavy (non-hydrogen) atoms. The van der Waals surface area contributed by atoms with E-state index in [0.29, 0.717) is 4.88 Å². The fraction of sp³-hybridized carbons (Fsp3) is 0.481. The molecule has 10 heteroatoms. The maximum Gasteiger partial charge on any atom is 0.348 e. The van der Waals surface area contributed by atoms with Gasteiger partial charge >= 0.3 is 5.97 Å². The van der Waals surface area contributed by atoms with E-state index < -0.39 is 40.3 Å². The van der Waals surface area contributed by atoms with Crippen LogP contribution in [-0.2, 0) is 14.8 Å². The topological polar surface area (TPSA) is 95.0 Å². The number of rotatable bonds is 5. The van der Waals surface area contributed by atoms with Gasteiger partial charge in [0.05, 0.1) is 28.0 Å². The summed E-state index contributed by atoms with van der Waals surface area (Å²) in [6, 6.07) is 5.84. The number of sulfonamides is 1. The SMILES string of the molecule is CC(C)(C)C#Cc1cc(N2C(=O)CN(S(=O)(=O)c3cccc(F)c3)C[C@H]2C2CCCCC2)c(C(=O)O)s1. The second kappa shape index (κ2) is 10.6. The number of piperazine rings is 1. The summed E-state index contributed by atoms with van der Waals surface area (Å²) in [7, 11) is -4.13. The average molecular weight is 547 g/mol. The fourth-order valence-corrected chi connectivity index (χ4v) is 7.22. The molecule has 1 N–H and O–H groups in total. The molecule has 2 aliphatic rings. The minimum Gasteiger partial charge on any atom is -0.477 e. The van der Waals surface area contributed by atoms with Gasteiger partial charge in [0, 0.05) is 12.0 Å². The Labute approximate surface area is 221 Å². The Bertz CT molecular complexity index is 1360. The Hall–Kier alpha value is -2.74. The number of nitrogens with zero attached hydrogens (tertiary/aromatic N) is 2. The molecule has 1 aliphatic heterocycles. The van der Waals surface area contributed by atoms with Gasteiger partial charge in [-0.25, -0.2) is 17.6 Å². The van der Waals surface area contributed by atoms with Gasteiger partial charge in [0.25, 0.3) is 0 Å². The number of halogens is 1. The molecule has 1 aromatic heterocycles. The second-order valence-electron chi connectivity index (χ2n) is 10.6. The standard InChI is InChI=1S/C27H31FN2O5S2/c1-27(2,3)13-12-20-15-22(25(36-20)26(32)33)30-23(18-8-5-4-6-9-18)16-29(17-24(30)31)37(34,35)21-11-7-10-19(28)14-21/h7,10-11,14-15,18,23H,4-6,8-9,16-17H2,1-3H3,(H,32,33)/t23-/m0/s1. The van der Waals surface area contributed by atoms with Crippen LogP contribution in [0.25, 0.3) is 0 Å². The maximum absolute atomic E-state index is 13.8. The summed E-state index contributed by atoms with van der Waals surface area (Å²) in [5.74, 6) is 3.81. The number of aromatic carboxylic acids is 1. The zero-order valence-electron chi connectivity index (χ0n) is 21.2. The first-order chi connectivity index (χ1) is 17.4. The Kier molecular flexibility index (Phi) is 7.79. The molecular formula is C27H31FN2O5S2. The highest BCUT2D eigenvalue weighted by Gasteiger charge is 2.44. The third-order valence-electron chi connectivity index (χ3n) is 6.66. The van der Waals surface area contributed by atoms with Crippen molar-refractivity contribution in [2.24, 2.45) is 11.3 Å². The molecule has 1 atom stereocenters. The van der Waals surface area contributed by atoms with Crippen LogP contribution in [0.2, 0.25) is 0 Å². The van der Waals surface area contributed by atoms with Crippen LogP contribution in [0, 0.1) is 29.0 Å². The largest absolute Gasteiger partial charge is 0.477 e. The van der Waals surface area contributed by atoms with E-state index in [0.717, 1.165) is 59.9 Å². The van der Waals surface area contributed by atoms with Crippen LogP contribution in [0.3, 0.4) is 0 Å². The highest BCUT2D eigenvalue weighted by Crippen LogP contribution is 2.39. The summed E-state index contributed by atoms with van der Waals surface area (Å²) in [6.45, 7) is 5.40. The van der Waals surface area contributed by atoms with Gasteiger partial charge in [0.15, 0.2) is 0 Å². The van der Waals surface area contributed by atoms with E-state index in [4.69, 9.17) is 0 Å². The van der Waals surface area contributed by atoms with Crippen molar-refractivity contribution in [1.82, 2.24) is 4.31 Å². The lowest BCUT2D eigenvalue weighted by molar-refractivity contribution is -0.121. The summed E-state index contributed by atoms with van der Waals surface area (Å²) >= 11 is 1.02. The average Bonchev–Trinajstić information content (AvgIpc) is 3.26. The monoisotopic (exact) mass is 546 g/mol. The molecule has 2 fully saturated rings. The van der Waals surface area contributed by atoms with Crippen molar-refractivity contribution < 1.29 is 27.5 Å². The number of carbonyl (C=O) groups excluding carboxylic acids is 1. The molecule has 198 valence electrons. The normalized spacial score (nSPS) is 19.9. The number of hydrogen-bond donors (Lipinski definition) is 1. The van der Waals surface area contributed by atoms with Crippen LogP contribution in [0.4, 0.5) is 10.1 Å². The van der Waals surface area contributed by atoms with E-state index in [-0.39, 0.29) is 33.3 Å². The molecule has 1 saturated carbocycles. The van der Waals surface area contributed by atoms with Crippen LogP contribution < -0.4 is 4.90 Å². The first kappa shape index (κ1) is 27.3. The van der Waals surface area contributed by atoms with Crippen molar-refractivity contribution in [3.05, 3.63) is 45.9 Å². The predicted octanol–water partition coefficient (Wildman–Crippen LogP) is 4.97. The fourth-order valence-electron chi connectivity index (χ4n) is 4.94. The van der Waals surface area contributed by atoms with Crippen LogP contribution in [-0.4, -0.2) is 48.8 Å². The first-order valence-electron chi connectivity index (χ1n) is 12.3. The molecule has 0 unspecified atom stereocenters. The molecule has 2 aromatic rings. The Morgan fingerprint density at radius 2 is 1.86 bits per heavy atom. The van der Waals surface area contributed by atoms with E-state index in [1.165, 1.54) is 17.0 Å². The third kappa shape index (κ3) is 6.06. The maximum atomic E-state index is 13.8. The van der Waals surface area contributed by atoms with Gasteiger partial charge in [-0.05, 0) is 63.8 Å². The van der Waals surface area contributed by atoms with Gasteiger partial charge in [-0.3, -0.25) is 4.79 Å².